The van der Waals surface area contributed by atoms with Gasteiger partial charge in [0.05, 0.1) is 10.8 Å². The van der Waals surface area contributed by atoms with Gasteiger partial charge in [-0.1, -0.05) is 20.8 Å². The predicted molar refractivity (Wildman–Crippen MR) is 117 cm³/mol. The maximum absolute atomic E-state index is 13.3. The van der Waals surface area contributed by atoms with Gasteiger partial charge in [-0.15, -0.1) is 0 Å². The molecule has 3 rings (SSSR count). The van der Waals surface area contributed by atoms with E-state index in [2.05, 4.69) is 0 Å². The summed E-state index contributed by atoms with van der Waals surface area (Å²) in [4.78, 5) is 29.3. The molecule has 2 aliphatic heterocycles. The lowest BCUT2D eigenvalue weighted by Crippen LogP contribution is -2.48. The molecule has 0 N–H and O–H groups in total. The lowest BCUT2D eigenvalue weighted by Gasteiger charge is -2.37. The Balaban J connectivity index is 1.84. The average Bonchev–Trinajstić information content (AvgIpc) is 2.77. The minimum Gasteiger partial charge on any atom is -0.342 e. The molecule has 0 saturated carbocycles. The van der Waals surface area contributed by atoms with Gasteiger partial charge in [-0.05, 0) is 49.4 Å². The normalized spacial score (nSPS) is 19.7. The van der Waals surface area contributed by atoms with Crippen molar-refractivity contribution < 1.29 is 18.0 Å². The number of likely N-dealkylation sites (tertiary alicyclic amines) is 1. The maximum Gasteiger partial charge on any atom is 0.243 e. The third-order valence-corrected chi connectivity index (χ3v) is 8.25. The molecule has 0 aliphatic carbocycles. The van der Waals surface area contributed by atoms with E-state index in [4.69, 9.17) is 0 Å². The molecule has 1 saturated heterocycles. The number of anilines is 1. The third-order valence-electron chi connectivity index (χ3n) is 6.20. The smallest absolute Gasteiger partial charge is 0.243 e. The van der Waals surface area contributed by atoms with E-state index in [1.807, 2.05) is 20.8 Å². The Bertz CT molecular complexity index is 896. The monoisotopic (exact) mass is 435 g/mol. The van der Waals surface area contributed by atoms with Crippen LogP contribution in [0.5, 0.6) is 0 Å². The highest BCUT2D eigenvalue weighted by atomic mass is 32.2. The number of amides is 2. The zero-order valence-corrected chi connectivity index (χ0v) is 19.1. The number of rotatable bonds is 6. The van der Waals surface area contributed by atoms with Gasteiger partial charge in [-0.2, -0.15) is 4.31 Å². The van der Waals surface area contributed by atoms with E-state index in [1.165, 1.54) is 4.31 Å². The van der Waals surface area contributed by atoms with E-state index < -0.39 is 10.0 Å². The molecule has 0 radical (unpaired) electrons. The van der Waals surface area contributed by atoms with Gasteiger partial charge in [-0.3, -0.25) is 9.59 Å². The molecule has 8 heteroatoms. The van der Waals surface area contributed by atoms with Crippen LogP contribution >= 0.6 is 0 Å². The van der Waals surface area contributed by atoms with Gasteiger partial charge in [-0.25, -0.2) is 8.42 Å². The van der Waals surface area contributed by atoms with Crippen LogP contribution in [-0.2, 0) is 26.0 Å². The van der Waals surface area contributed by atoms with Crippen LogP contribution in [0, 0.1) is 5.92 Å². The summed E-state index contributed by atoms with van der Waals surface area (Å²) >= 11 is 0. The summed E-state index contributed by atoms with van der Waals surface area (Å²) in [5.41, 5.74) is 1.71. The Morgan fingerprint density at radius 2 is 1.83 bits per heavy atom. The molecule has 30 heavy (non-hydrogen) atoms. The predicted octanol–water partition coefficient (Wildman–Crippen LogP) is 2.64. The Labute approximate surface area is 180 Å². The number of benzene rings is 1. The highest BCUT2D eigenvalue weighted by Crippen LogP contribution is 2.32. The van der Waals surface area contributed by atoms with Crippen LogP contribution < -0.4 is 4.90 Å². The van der Waals surface area contributed by atoms with Crippen molar-refractivity contribution in [3.05, 3.63) is 23.8 Å². The summed E-state index contributed by atoms with van der Waals surface area (Å²) in [5.74, 6) is -0.0546. The van der Waals surface area contributed by atoms with E-state index in [9.17, 15) is 18.0 Å². The van der Waals surface area contributed by atoms with E-state index in [-0.39, 0.29) is 22.6 Å². The quantitative estimate of drug-likeness (QED) is 0.688. The van der Waals surface area contributed by atoms with Crippen LogP contribution in [0.2, 0.25) is 0 Å². The van der Waals surface area contributed by atoms with Gasteiger partial charge >= 0.3 is 0 Å². The minimum atomic E-state index is -3.53. The molecular weight excluding hydrogens is 402 g/mol. The molecule has 1 aromatic rings. The first-order chi connectivity index (χ1) is 14.3. The summed E-state index contributed by atoms with van der Waals surface area (Å²) < 4.78 is 27.2. The number of nitrogens with zero attached hydrogens (tertiary/aromatic N) is 3. The molecule has 0 bridgehead atoms. The Morgan fingerprint density at radius 3 is 2.50 bits per heavy atom. The molecule has 1 aromatic carbocycles. The first kappa shape index (κ1) is 22.7. The second-order valence-corrected chi connectivity index (χ2v) is 9.94. The second-order valence-electron chi connectivity index (χ2n) is 8.01. The molecule has 2 aliphatic rings. The van der Waals surface area contributed by atoms with Crippen molar-refractivity contribution in [1.29, 1.82) is 0 Å². The lowest BCUT2D eigenvalue weighted by atomic mass is 9.94. The van der Waals surface area contributed by atoms with Gasteiger partial charge in [0.2, 0.25) is 21.8 Å². The van der Waals surface area contributed by atoms with Crippen LogP contribution in [-0.4, -0.2) is 62.2 Å². The van der Waals surface area contributed by atoms with Gasteiger partial charge in [0.1, 0.15) is 0 Å². The van der Waals surface area contributed by atoms with Crippen LogP contribution in [0.3, 0.4) is 0 Å². The van der Waals surface area contributed by atoms with E-state index >= 15 is 0 Å². The molecule has 7 nitrogen and oxygen atoms in total. The van der Waals surface area contributed by atoms with Crippen molar-refractivity contribution in [3.63, 3.8) is 0 Å². The van der Waals surface area contributed by atoms with E-state index in [0.29, 0.717) is 32.6 Å². The fourth-order valence-electron chi connectivity index (χ4n) is 4.52. The number of fused-ring (bicyclic) bond motifs is 1. The van der Waals surface area contributed by atoms with Crippen molar-refractivity contribution in [3.8, 4) is 0 Å². The number of hydrogen-bond donors (Lipinski definition) is 0. The van der Waals surface area contributed by atoms with Gasteiger partial charge in [0, 0.05) is 44.8 Å². The standard InChI is InChI=1S/C22H33N3O4S/c1-4-21(26)23-13-7-10-18(16-23)22(27)25-14-8-9-17-15-19(11-12-20(17)25)30(28,29)24(5-2)6-3/h11-12,15,18H,4-10,13-14,16H2,1-3H3. The summed E-state index contributed by atoms with van der Waals surface area (Å²) in [6.45, 7) is 8.19. The Kier molecular flexibility index (Phi) is 7.18. The summed E-state index contributed by atoms with van der Waals surface area (Å²) in [6, 6.07) is 5.13. The lowest BCUT2D eigenvalue weighted by molar-refractivity contribution is -0.134. The van der Waals surface area contributed by atoms with E-state index in [1.54, 1.807) is 28.0 Å². The number of piperidine rings is 1. The second kappa shape index (κ2) is 9.47. The highest BCUT2D eigenvalue weighted by molar-refractivity contribution is 7.89. The molecule has 1 unspecified atom stereocenters. The first-order valence-electron chi connectivity index (χ1n) is 11.1. The topological polar surface area (TPSA) is 78.0 Å². The zero-order valence-electron chi connectivity index (χ0n) is 18.3. The third kappa shape index (κ3) is 4.39. The number of carbonyl (C=O) groups is 2. The van der Waals surface area contributed by atoms with Gasteiger partial charge < -0.3 is 9.80 Å². The fourth-order valence-corrected chi connectivity index (χ4v) is 6.03. The van der Waals surface area contributed by atoms with Gasteiger partial charge in [0.15, 0.2) is 0 Å². The molecular formula is C22H33N3O4S. The summed E-state index contributed by atoms with van der Waals surface area (Å²) in [6.07, 6.45) is 3.64. The van der Waals surface area contributed by atoms with E-state index in [0.717, 1.165) is 43.5 Å². The molecule has 1 atom stereocenters. The minimum absolute atomic E-state index is 0.0453. The Hall–Kier alpha value is -1.93. The van der Waals surface area contributed by atoms with Crippen molar-refractivity contribution in [2.24, 2.45) is 5.92 Å². The van der Waals surface area contributed by atoms with Crippen LogP contribution in [0.4, 0.5) is 5.69 Å². The largest absolute Gasteiger partial charge is 0.342 e. The summed E-state index contributed by atoms with van der Waals surface area (Å²) in [5, 5.41) is 0. The number of aryl methyl sites for hydroxylation is 1. The van der Waals surface area contributed by atoms with Crippen LogP contribution in [0.25, 0.3) is 0 Å². The fraction of sp³-hybridized carbons (Fsp3) is 0.636. The maximum atomic E-state index is 13.3. The first-order valence-corrected chi connectivity index (χ1v) is 12.5. The van der Waals surface area contributed by atoms with Crippen molar-refractivity contribution in [2.45, 2.75) is 57.8 Å². The molecule has 2 amide bonds. The molecule has 166 valence electrons. The SMILES string of the molecule is CCC(=O)N1CCCC(C(=O)N2CCCc3cc(S(=O)(=O)N(CC)CC)ccc32)C1. The molecule has 1 fully saturated rings. The van der Waals surface area contributed by atoms with Crippen LogP contribution in [0.1, 0.15) is 52.0 Å². The molecule has 2 heterocycles. The van der Waals surface area contributed by atoms with Crippen molar-refractivity contribution in [1.82, 2.24) is 9.21 Å². The summed E-state index contributed by atoms with van der Waals surface area (Å²) in [7, 11) is -3.53. The van der Waals surface area contributed by atoms with Crippen molar-refractivity contribution in [2.75, 3.05) is 37.6 Å². The number of carbonyl (C=O) groups excluding carboxylic acids is 2. The Morgan fingerprint density at radius 1 is 1.10 bits per heavy atom. The van der Waals surface area contributed by atoms with Crippen LogP contribution in [0.15, 0.2) is 23.1 Å². The van der Waals surface area contributed by atoms with Crippen molar-refractivity contribution >= 4 is 27.5 Å². The zero-order chi connectivity index (χ0) is 21.9. The average molecular weight is 436 g/mol. The van der Waals surface area contributed by atoms with Gasteiger partial charge in [0.25, 0.3) is 0 Å². The molecule has 0 aromatic heterocycles. The number of sulfonamides is 1. The molecule has 0 spiro atoms. The number of hydrogen-bond acceptors (Lipinski definition) is 4. The highest BCUT2D eigenvalue weighted by Gasteiger charge is 2.33.